The summed E-state index contributed by atoms with van der Waals surface area (Å²) in [5, 5.41) is 10.2. The second kappa shape index (κ2) is 8.70. The normalized spacial score (nSPS) is 12.0. The topological polar surface area (TPSA) is 85.8 Å². The van der Waals surface area contributed by atoms with Gasteiger partial charge in [-0.05, 0) is 36.8 Å². The molecule has 0 aliphatic carbocycles. The molecule has 0 fully saturated rings. The number of carbonyl (C=O) groups is 1. The maximum Gasteiger partial charge on any atom is 0.237 e. The third kappa shape index (κ3) is 4.68. The molecule has 1 heterocycles. The zero-order valence-corrected chi connectivity index (χ0v) is 17.1. The second-order valence-corrected chi connectivity index (χ2v) is 8.13. The highest BCUT2D eigenvalue weighted by Gasteiger charge is 2.21. The third-order valence-corrected chi connectivity index (χ3v) is 5.43. The monoisotopic (exact) mass is 467 g/mol. The number of anilines is 1. The van der Waals surface area contributed by atoms with Crippen LogP contribution in [0.1, 0.15) is 18.3 Å². The first-order chi connectivity index (χ1) is 13.3. The molecule has 6 nitrogen and oxygen atoms in total. The number of benzene rings is 2. The van der Waals surface area contributed by atoms with Gasteiger partial charge in [-0.2, -0.15) is 0 Å². The van der Waals surface area contributed by atoms with Crippen LogP contribution in [0.25, 0.3) is 0 Å². The number of carbonyl (C=O) groups excluding carboxylic acids is 1. The van der Waals surface area contributed by atoms with Crippen molar-refractivity contribution in [3.63, 3.8) is 0 Å². The van der Waals surface area contributed by atoms with E-state index in [-0.39, 0.29) is 17.9 Å². The largest absolute Gasteiger partial charge is 0.336 e. The summed E-state index contributed by atoms with van der Waals surface area (Å²) in [6, 6.07) is 10.7. The van der Waals surface area contributed by atoms with Crippen LogP contribution in [0.3, 0.4) is 0 Å². The van der Waals surface area contributed by atoms with Crippen molar-refractivity contribution in [2.75, 3.05) is 11.2 Å². The maximum absolute atomic E-state index is 13.9. The molecule has 0 saturated carbocycles. The number of rotatable bonds is 6. The Kier molecular flexibility index (Phi) is 6.30. The Morgan fingerprint density at radius 2 is 2.00 bits per heavy atom. The SMILES string of the molecule is C[C@H](Sc1nnc(Cc2ccccc2F)n1N)C(=O)Nc1ccc(Br)cc1F. The van der Waals surface area contributed by atoms with Gasteiger partial charge in [0.1, 0.15) is 11.6 Å². The fourth-order valence-electron chi connectivity index (χ4n) is 2.36. The summed E-state index contributed by atoms with van der Waals surface area (Å²) in [6.07, 6.45) is 0.168. The number of hydrogen-bond donors (Lipinski definition) is 2. The van der Waals surface area contributed by atoms with E-state index in [0.29, 0.717) is 21.0 Å². The Balaban J connectivity index is 1.67. The maximum atomic E-state index is 13.9. The van der Waals surface area contributed by atoms with Crippen molar-refractivity contribution in [1.82, 2.24) is 14.9 Å². The first-order valence-corrected chi connectivity index (χ1v) is 9.87. The van der Waals surface area contributed by atoms with E-state index < -0.39 is 17.0 Å². The van der Waals surface area contributed by atoms with E-state index in [1.165, 1.54) is 22.9 Å². The average Bonchev–Trinajstić information content (AvgIpc) is 2.99. The van der Waals surface area contributed by atoms with E-state index in [1.54, 1.807) is 31.2 Å². The van der Waals surface area contributed by atoms with Gasteiger partial charge in [-0.1, -0.05) is 45.9 Å². The molecule has 2 aromatic carbocycles. The number of thioether (sulfide) groups is 1. The van der Waals surface area contributed by atoms with Crippen molar-refractivity contribution in [2.24, 2.45) is 0 Å². The standard InChI is InChI=1S/C18H16BrF2N5OS/c1-10(17(27)23-15-7-6-12(19)9-14(15)21)28-18-25-24-16(26(18)22)8-11-4-2-3-5-13(11)20/h2-7,9-10H,8,22H2,1H3,(H,23,27)/t10-/m0/s1. The van der Waals surface area contributed by atoms with Crippen LogP contribution in [-0.4, -0.2) is 26.0 Å². The van der Waals surface area contributed by atoms with Gasteiger partial charge in [0.05, 0.1) is 10.9 Å². The van der Waals surface area contributed by atoms with Crippen molar-refractivity contribution in [1.29, 1.82) is 0 Å². The van der Waals surface area contributed by atoms with Crippen LogP contribution in [-0.2, 0) is 11.2 Å². The van der Waals surface area contributed by atoms with Crippen molar-refractivity contribution >= 4 is 39.3 Å². The smallest absolute Gasteiger partial charge is 0.237 e. The highest BCUT2D eigenvalue weighted by molar-refractivity contribution is 9.10. The van der Waals surface area contributed by atoms with Crippen LogP contribution >= 0.6 is 27.7 Å². The number of halogens is 3. The van der Waals surface area contributed by atoms with E-state index in [1.807, 2.05) is 0 Å². The van der Waals surface area contributed by atoms with E-state index in [9.17, 15) is 13.6 Å². The van der Waals surface area contributed by atoms with Crippen LogP contribution in [0.15, 0.2) is 52.1 Å². The van der Waals surface area contributed by atoms with Crippen molar-refractivity contribution in [2.45, 2.75) is 23.8 Å². The Morgan fingerprint density at radius 3 is 2.71 bits per heavy atom. The summed E-state index contributed by atoms with van der Waals surface area (Å²) in [5.41, 5.74) is 0.518. The highest BCUT2D eigenvalue weighted by atomic mass is 79.9. The van der Waals surface area contributed by atoms with Crippen molar-refractivity contribution in [3.8, 4) is 0 Å². The molecular weight excluding hydrogens is 452 g/mol. The number of nitrogen functional groups attached to an aromatic ring is 1. The van der Waals surface area contributed by atoms with Gasteiger partial charge in [0.25, 0.3) is 0 Å². The summed E-state index contributed by atoms with van der Waals surface area (Å²) < 4.78 is 29.5. The van der Waals surface area contributed by atoms with Gasteiger partial charge >= 0.3 is 0 Å². The summed E-state index contributed by atoms with van der Waals surface area (Å²) in [7, 11) is 0. The van der Waals surface area contributed by atoms with E-state index >= 15 is 0 Å². The number of nitrogens with zero attached hydrogens (tertiary/aromatic N) is 3. The zero-order chi connectivity index (χ0) is 20.3. The van der Waals surface area contributed by atoms with Gasteiger partial charge < -0.3 is 11.2 Å². The molecule has 0 saturated heterocycles. The molecule has 3 aromatic rings. The minimum Gasteiger partial charge on any atom is -0.336 e. The van der Waals surface area contributed by atoms with Crippen molar-refractivity contribution in [3.05, 3.63) is 70.0 Å². The molecule has 0 aliphatic rings. The first-order valence-electron chi connectivity index (χ1n) is 8.20. The van der Waals surface area contributed by atoms with Gasteiger partial charge in [0.15, 0.2) is 5.82 Å². The summed E-state index contributed by atoms with van der Waals surface area (Å²) >= 11 is 4.23. The molecule has 1 aromatic heterocycles. The molecule has 146 valence electrons. The molecule has 0 aliphatic heterocycles. The lowest BCUT2D eigenvalue weighted by atomic mass is 10.1. The molecule has 10 heteroatoms. The molecule has 0 spiro atoms. The third-order valence-electron chi connectivity index (χ3n) is 3.88. The molecular formula is C18H16BrF2N5OS. The van der Waals surface area contributed by atoms with Crippen LogP contribution in [0.2, 0.25) is 0 Å². The van der Waals surface area contributed by atoms with E-state index in [0.717, 1.165) is 11.8 Å². The van der Waals surface area contributed by atoms with Crippen LogP contribution in [0.5, 0.6) is 0 Å². The molecule has 0 unspecified atom stereocenters. The zero-order valence-electron chi connectivity index (χ0n) is 14.7. The summed E-state index contributed by atoms with van der Waals surface area (Å²) in [4.78, 5) is 12.3. The minimum atomic E-state index is -0.615. The van der Waals surface area contributed by atoms with Crippen LogP contribution in [0, 0.1) is 11.6 Å². The first kappa shape index (κ1) is 20.3. The number of nitrogens with one attached hydrogen (secondary N) is 1. The highest BCUT2D eigenvalue weighted by Crippen LogP contribution is 2.24. The van der Waals surface area contributed by atoms with Gasteiger partial charge in [-0.3, -0.25) is 4.79 Å². The molecule has 0 bridgehead atoms. The molecule has 3 N–H and O–H groups in total. The molecule has 1 amide bonds. The quantitative estimate of drug-likeness (QED) is 0.425. The molecule has 0 radical (unpaired) electrons. The molecule has 3 rings (SSSR count). The Bertz CT molecular complexity index is 1010. The van der Waals surface area contributed by atoms with E-state index in [4.69, 9.17) is 5.84 Å². The predicted octanol–water partition coefficient (Wildman–Crippen LogP) is 3.74. The summed E-state index contributed by atoms with van der Waals surface area (Å²) in [5.74, 6) is 5.04. The minimum absolute atomic E-state index is 0.0788. The summed E-state index contributed by atoms with van der Waals surface area (Å²) in [6.45, 7) is 1.64. The fraction of sp³-hybridized carbons (Fsp3) is 0.167. The lowest BCUT2D eigenvalue weighted by Gasteiger charge is -2.12. The number of hydrogen-bond acceptors (Lipinski definition) is 5. The fourth-order valence-corrected chi connectivity index (χ4v) is 3.48. The van der Waals surface area contributed by atoms with Gasteiger partial charge in [-0.25, -0.2) is 13.5 Å². The lowest BCUT2D eigenvalue weighted by molar-refractivity contribution is -0.115. The molecule has 28 heavy (non-hydrogen) atoms. The van der Waals surface area contributed by atoms with Crippen LogP contribution in [0.4, 0.5) is 14.5 Å². The van der Waals surface area contributed by atoms with Crippen molar-refractivity contribution < 1.29 is 13.6 Å². The number of amides is 1. The van der Waals surface area contributed by atoms with Gasteiger partial charge in [-0.15, -0.1) is 10.2 Å². The lowest BCUT2D eigenvalue weighted by Crippen LogP contribution is -2.24. The molecule has 1 atom stereocenters. The number of nitrogens with two attached hydrogens (primary N) is 1. The Morgan fingerprint density at radius 1 is 1.25 bits per heavy atom. The van der Waals surface area contributed by atoms with Crippen LogP contribution < -0.4 is 11.2 Å². The Labute approximate surface area is 172 Å². The predicted molar refractivity (Wildman–Crippen MR) is 107 cm³/mol. The van der Waals surface area contributed by atoms with Gasteiger partial charge in [0, 0.05) is 10.9 Å². The Hall–Kier alpha value is -2.46. The van der Waals surface area contributed by atoms with Gasteiger partial charge in [0.2, 0.25) is 11.1 Å². The number of aromatic nitrogens is 3. The average molecular weight is 468 g/mol. The second-order valence-electron chi connectivity index (χ2n) is 5.91. The van der Waals surface area contributed by atoms with E-state index in [2.05, 4.69) is 31.4 Å².